The fourth-order valence-corrected chi connectivity index (χ4v) is 1.85. The van der Waals surface area contributed by atoms with Crippen molar-refractivity contribution >= 4 is 23.0 Å². The number of benzene rings is 2. The molecule has 0 spiro atoms. The van der Waals surface area contributed by atoms with Crippen LogP contribution in [-0.2, 0) is 12.1 Å². The Balaban J connectivity index is 2.25. The third kappa shape index (κ3) is 3.42. The Morgan fingerprint density at radius 1 is 1.05 bits per heavy atom. The fraction of sp³-hybridized carbons (Fsp3) is 0.143. The van der Waals surface area contributed by atoms with Gasteiger partial charge in [0.25, 0.3) is 0 Å². The summed E-state index contributed by atoms with van der Waals surface area (Å²) >= 11 is 5.68. The van der Waals surface area contributed by atoms with Crippen LogP contribution < -0.4 is 5.32 Å². The van der Waals surface area contributed by atoms with E-state index in [4.69, 9.17) is 11.6 Å². The molecule has 0 aliphatic rings. The highest BCUT2D eigenvalue weighted by atomic mass is 35.5. The van der Waals surface area contributed by atoms with Crippen molar-refractivity contribution in [3.05, 3.63) is 59.4 Å². The summed E-state index contributed by atoms with van der Waals surface area (Å²) in [6.45, 7) is 0. The van der Waals surface area contributed by atoms with Gasteiger partial charge in [-0.3, -0.25) is 0 Å². The number of nitrogens with one attached hydrogen (secondary N) is 1. The van der Waals surface area contributed by atoms with Crippen molar-refractivity contribution in [2.45, 2.75) is 12.1 Å². The molecule has 0 heterocycles. The molecule has 0 fully saturated rings. The molecular weight excluding hydrogens is 294 g/mol. The number of halogens is 5. The molecule has 0 aliphatic carbocycles. The van der Waals surface area contributed by atoms with Crippen LogP contribution in [0.15, 0.2) is 42.5 Å². The van der Waals surface area contributed by atoms with Crippen molar-refractivity contribution < 1.29 is 17.6 Å². The van der Waals surface area contributed by atoms with Crippen LogP contribution in [0.4, 0.5) is 28.9 Å². The molecule has 2 aromatic carbocycles. The summed E-state index contributed by atoms with van der Waals surface area (Å²) in [5.74, 6) is -0.665. The van der Waals surface area contributed by atoms with E-state index in [1.54, 1.807) is 24.3 Å². The molecule has 0 radical (unpaired) electrons. The van der Waals surface area contributed by atoms with Gasteiger partial charge in [0, 0.05) is 11.6 Å². The van der Waals surface area contributed by atoms with Gasteiger partial charge in [-0.2, -0.15) is 13.2 Å². The molecular formula is C14H10ClF4N. The van der Waals surface area contributed by atoms with Crippen LogP contribution >= 0.6 is 11.6 Å². The molecule has 0 bridgehead atoms. The van der Waals surface area contributed by atoms with E-state index in [1.807, 2.05) is 0 Å². The molecule has 0 unspecified atom stereocenters. The fourth-order valence-electron chi connectivity index (χ4n) is 1.68. The highest BCUT2D eigenvalue weighted by Crippen LogP contribution is 2.32. The predicted molar refractivity (Wildman–Crippen MR) is 70.7 cm³/mol. The Labute approximate surface area is 118 Å². The van der Waals surface area contributed by atoms with Gasteiger partial charge in [-0.05, 0) is 35.9 Å². The minimum Gasteiger partial charge on any atom is -0.353 e. The van der Waals surface area contributed by atoms with Crippen LogP contribution in [0.25, 0.3) is 0 Å². The summed E-state index contributed by atoms with van der Waals surface area (Å²) in [5.41, 5.74) is 0.338. The van der Waals surface area contributed by atoms with Crippen molar-refractivity contribution in [3.8, 4) is 0 Å². The number of hydrogen-bond donors (Lipinski definition) is 1. The largest absolute Gasteiger partial charge is 0.416 e. The lowest BCUT2D eigenvalue weighted by molar-refractivity contribution is -0.137. The predicted octanol–water partition coefficient (Wildman–Crippen LogP) is 5.33. The standard InChI is InChI=1S/C14H10ClF4N/c15-8-9-2-1-3-11(6-9)20-13-5-4-10(7-12(13)16)14(17,18)19/h1-7,20H,8H2. The number of alkyl halides is 4. The zero-order valence-electron chi connectivity index (χ0n) is 10.1. The van der Waals surface area contributed by atoms with Crippen molar-refractivity contribution in [1.29, 1.82) is 0 Å². The molecule has 2 aromatic rings. The van der Waals surface area contributed by atoms with Crippen molar-refractivity contribution in [1.82, 2.24) is 0 Å². The third-order valence-electron chi connectivity index (χ3n) is 2.66. The maximum atomic E-state index is 13.7. The summed E-state index contributed by atoms with van der Waals surface area (Å²) in [5, 5.41) is 2.72. The average Bonchev–Trinajstić information content (AvgIpc) is 2.40. The van der Waals surface area contributed by atoms with Gasteiger partial charge in [-0.1, -0.05) is 12.1 Å². The normalized spacial score (nSPS) is 11.4. The average molecular weight is 304 g/mol. The first kappa shape index (κ1) is 14.7. The first-order valence-electron chi connectivity index (χ1n) is 5.69. The minimum atomic E-state index is -4.56. The quantitative estimate of drug-likeness (QED) is 0.597. The van der Waals surface area contributed by atoms with Gasteiger partial charge in [0.05, 0.1) is 11.3 Å². The molecule has 0 amide bonds. The van der Waals surface area contributed by atoms with Gasteiger partial charge < -0.3 is 5.32 Å². The second kappa shape index (κ2) is 5.71. The smallest absolute Gasteiger partial charge is 0.353 e. The van der Waals surface area contributed by atoms with Crippen LogP contribution in [0.5, 0.6) is 0 Å². The summed E-state index contributed by atoms with van der Waals surface area (Å²) < 4.78 is 50.9. The lowest BCUT2D eigenvalue weighted by Gasteiger charge is -2.11. The van der Waals surface area contributed by atoms with E-state index in [1.165, 1.54) is 0 Å². The Kier molecular flexibility index (Phi) is 4.18. The molecule has 2 rings (SSSR count). The molecule has 0 saturated heterocycles. The second-order valence-corrected chi connectivity index (χ2v) is 4.42. The van der Waals surface area contributed by atoms with E-state index in [9.17, 15) is 17.6 Å². The van der Waals surface area contributed by atoms with Crippen molar-refractivity contribution in [2.24, 2.45) is 0 Å². The van der Waals surface area contributed by atoms with E-state index in [0.29, 0.717) is 17.6 Å². The Bertz CT molecular complexity index is 610. The highest BCUT2D eigenvalue weighted by molar-refractivity contribution is 6.17. The monoisotopic (exact) mass is 303 g/mol. The van der Waals surface area contributed by atoms with Crippen LogP contribution in [-0.4, -0.2) is 0 Å². The van der Waals surface area contributed by atoms with Crippen molar-refractivity contribution in [2.75, 3.05) is 5.32 Å². The molecule has 0 saturated carbocycles. The van der Waals surface area contributed by atoms with Crippen molar-refractivity contribution in [3.63, 3.8) is 0 Å². The van der Waals surface area contributed by atoms with Gasteiger partial charge in [0.15, 0.2) is 0 Å². The molecule has 0 aliphatic heterocycles. The van der Waals surface area contributed by atoms with Gasteiger partial charge >= 0.3 is 6.18 Å². The highest BCUT2D eigenvalue weighted by Gasteiger charge is 2.31. The minimum absolute atomic E-state index is 0.0234. The zero-order chi connectivity index (χ0) is 14.8. The lowest BCUT2D eigenvalue weighted by atomic mass is 10.1. The first-order valence-corrected chi connectivity index (χ1v) is 6.22. The van der Waals surface area contributed by atoms with E-state index in [2.05, 4.69) is 5.32 Å². The van der Waals surface area contributed by atoms with Gasteiger partial charge in [0.2, 0.25) is 0 Å². The van der Waals surface area contributed by atoms with E-state index in [0.717, 1.165) is 17.7 Å². The van der Waals surface area contributed by atoms with Crippen LogP contribution in [0, 0.1) is 5.82 Å². The number of anilines is 2. The number of hydrogen-bond acceptors (Lipinski definition) is 1. The molecule has 1 nitrogen and oxygen atoms in total. The van der Waals surface area contributed by atoms with E-state index < -0.39 is 17.6 Å². The van der Waals surface area contributed by atoms with Crippen LogP contribution in [0.2, 0.25) is 0 Å². The Hall–Kier alpha value is -1.75. The first-order chi connectivity index (χ1) is 9.40. The SMILES string of the molecule is Fc1cc(C(F)(F)F)ccc1Nc1cccc(CCl)c1. The summed E-state index contributed by atoms with van der Waals surface area (Å²) in [7, 11) is 0. The molecule has 1 N–H and O–H groups in total. The zero-order valence-corrected chi connectivity index (χ0v) is 10.9. The Morgan fingerprint density at radius 2 is 1.80 bits per heavy atom. The van der Waals surface area contributed by atoms with Gasteiger partial charge in [-0.15, -0.1) is 11.6 Å². The van der Waals surface area contributed by atoms with E-state index >= 15 is 0 Å². The maximum Gasteiger partial charge on any atom is 0.416 e. The summed E-state index contributed by atoms with van der Waals surface area (Å²) in [6.07, 6.45) is -4.56. The third-order valence-corrected chi connectivity index (χ3v) is 2.97. The second-order valence-electron chi connectivity index (χ2n) is 4.15. The molecule has 0 atom stereocenters. The summed E-state index contributed by atoms with van der Waals surface area (Å²) in [6, 6.07) is 9.25. The number of rotatable bonds is 3. The Morgan fingerprint density at radius 3 is 2.40 bits per heavy atom. The van der Waals surface area contributed by atoms with E-state index in [-0.39, 0.29) is 5.69 Å². The molecule has 106 valence electrons. The van der Waals surface area contributed by atoms with Crippen LogP contribution in [0.3, 0.4) is 0 Å². The van der Waals surface area contributed by atoms with Gasteiger partial charge in [0.1, 0.15) is 5.82 Å². The maximum absolute atomic E-state index is 13.7. The van der Waals surface area contributed by atoms with Gasteiger partial charge in [-0.25, -0.2) is 4.39 Å². The molecule has 20 heavy (non-hydrogen) atoms. The molecule has 6 heteroatoms. The summed E-state index contributed by atoms with van der Waals surface area (Å²) in [4.78, 5) is 0. The van der Waals surface area contributed by atoms with Crippen LogP contribution in [0.1, 0.15) is 11.1 Å². The topological polar surface area (TPSA) is 12.0 Å². The molecule has 0 aromatic heterocycles. The lowest BCUT2D eigenvalue weighted by Crippen LogP contribution is -2.06.